The van der Waals surface area contributed by atoms with Gasteiger partial charge in [0.15, 0.2) is 0 Å². The predicted molar refractivity (Wildman–Crippen MR) is 90.3 cm³/mol. The van der Waals surface area contributed by atoms with Gasteiger partial charge in [-0.15, -0.1) is 11.3 Å². The van der Waals surface area contributed by atoms with Gasteiger partial charge in [-0.3, -0.25) is 0 Å². The minimum Gasteiger partial charge on any atom is -0.389 e. The summed E-state index contributed by atoms with van der Waals surface area (Å²) in [6.45, 7) is 3.71. The van der Waals surface area contributed by atoms with E-state index in [1.165, 1.54) is 24.1 Å². The molecule has 1 heterocycles. The first-order valence-electron chi connectivity index (χ1n) is 7.60. The molecule has 1 fully saturated rings. The molecule has 3 unspecified atom stereocenters. The van der Waals surface area contributed by atoms with Crippen molar-refractivity contribution in [3.8, 4) is 0 Å². The zero-order valence-corrected chi connectivity index (χ0v) is 14.5. The molecule has 0 saturated heterocycles. The molecule has 0 radical (unpaired) electrons. The van der Waals surface area contributed by atoms with Gasteiger partial charge in [0, 0.05) is 29.1 Å². The highest BCUT2D eigenvalue weighted by atomic mass is 32.2. The number of nitrogens with zero attached hydrogens (tertiary/aromatic N) is 1. The standard InChI is InChI=1S/C15H26N2O2S2/c1-11-15(21-10-17-11)5-6-19-9-13(18)8-16-12-3-4-14(7-12)20-2/h10,12-14,16,18H,3-9H2,1-2H3. The van der Waals surface area contributed by atoms with Crippen LogP contribution in [0.15, 0.2) is 5.51 Å². The first kappa shape index (κ1) is 17.2. The fourth-order valence-electron chi connectivity index (χ4n) is 2.65. The summed E-state index contributed by atoms with van der Waals surface area (Å²) in [6.07, 6.45) is 6.39. The van der Waals surface area contributed by atoms with Crippen molar-refractivity contribution in [3.05, 3.63) is 16.1 Å². The summed E-state index contributed by atoms with van der Waals surface area (Å²) < 4.78 is 5.57. The van der Waals surface area contributed by atoms with Crippen LogP contribution < -0.4 is 5.32 Å². The van der Waals surface area contributed by atoms with Gasteiger partial charge < -0.3 is 15.2 Å². The SMILES string of the molecule is CSC1CCC(NCC(O)COCCc2scnc2C)C1. The Kier molecular flexibility index (Phi) is 7.46. The van der Waals surface area contributed by atoms with Gasteiger partial charge in [-0.2, -0.15) is 11.8 Å². The number of nitrogens with one attached hydrogen (secondary N) is 1. The second-order valence-corrected chi connectivity index (χ2v) is 7.69. The van der Waals surface area contributed by atoms with Crippen molar-refractivity contribution in [2.75, 3.05) is 26.0 Å². The second kappa shape index (κ2) is 9.10. The molecular formula is C15H26N2O2S2. The van der Waals surface area contributed by atoms with Crippen LogP contribution in [-0.4, -0.2) is 53.5 Å². The molecule has 0 aromatic carbocycles. The summed E-state index contributed by atoms with van der Waals surface area (Å²) in [5.41, 5.74) is 2.96. The van der Waals surface area contributed by atoms with Crippen molar-refractivity contribution in [1.29, 1.82) is 0 Å². The highest BCUT2D eigenvalue weighted by Crippen LogP contribution is 2.27. The number of aliphatic hydroxyl groups excluding tert-OH is 1. The second-order valence-electron chi connectivity index (χ2n) is 5.62. The molecule has 0 amide bonds. The minimum absolute atomic E-state index is 0.406. The third-order valence-corrected chi connectivity index (χ3v) is 6.08. The third kappa shape index (κ3) is 5.87. The monoisotopic (exact) mass is 330 g/mol. The van der Waals surface area contributed by atoms with Crippen molar-refractivity contribution >= 4 is 23.1 Å². The van der Waals surface area contributed by atoms with E-state index in [0.717, 1.165) is 17.4 Å². The number of aryl methyl sites for hydroxylation is 1. The van der Waals surface area contributed by atoms with Gasteiger partial charge in [0.25, 0.3) is 0 Å². The molecule has 0 aliphatic heterocycles. The lowest BCUT2D eigenvalue weighted by atomic mass is 10.2. The maximum Gasteiger partial charge on any atom is 0.0897 e. The summed E-state index contributed by atoms with van der Waals surface area (Å²) in [4.78, 5) is 5.49. The maximum atomic E-state index is 9.94. The lowest BCUT2D eigenvalue weighted by molar-refractivity contribution is 0.0372. The molecule has 2 rings (SSSR count). The molecule has 2 N–H and O–H groups in total. The van der Waals surface area contributed by atoms with E-state index in [4.69, 9.17) is 4.74 Å². The van der Waals surface area contributed by atoms with E-state index >= 15 is 0 Å². The molecule has 1 aromatic heterocycles. The Bertz CT molecular complexity index is 414. The Balaban J connectivity index is 1.52. The summed E-state index contributed by atoms with van der Waals surface area (Å²) in [5.74, 6) is 0. The highest BCUT2D eigenvalue weighted by Gasteiger charge is 2.23. The van der Waals surface area contributed by atoms with Gasteiger partial charge in [-0.05, 0) is 32.4 Å². The fraction of sp³-hybridized carbons (Fsp3) is 0.800. The molecule has 120 valence electrons. The average Bonchev–Trinajstić information content (AvgIpc) is 3.10. The Labute approximate surface area is 135 Å². The number of ether oxygens (including phenoxy) is 1. The number of hydrogen-bond acceptors (Lipinski definition) is 6. The average molecular weight is 331 g/mol. The van der Waals surface area contributed by atoms with Crippen LogP contribution in [0.3, 0.4) is 0 Å². The minimum atomic E-state index is -0.416. The normalized spacial score (nSPS) is 23.6. The smallest absolute Gasteiger partial charge is 0.0897 e. The van der Waals surface area contributed by atoms with Crippen LogP contribution in [0, 0.1) is 6.92 Å². The number of thiazole rings is 1. The van der Waals surface area contributed by atoms with Crippen LogP contribution in [0.25, 0.3) is 0 Å². The highest BCUT2D eigenvalue weighted by molar-refractivity contribution is 7.99. The van der Waals surface area contributed by atoms with Gasteiger partial charge in [0.1, 0.15) is 0 Å². The molecule has 21 heavy (non-hydrogen) atoms. The first-order chi connectivity index (χ1) is 10.2. The molecule has 1 aliphatic carbocycles. The summed E-state index contributed by atoms with van der Waals surface area (Å²) in [7, 11) is 0. The molecular weight excluding hydrogens is 304 g/mol. The number of hydrogen-bond donors (Lipinski definition) is 2. The van der Waals surface area contributed by atoms with Crippen LogP contribution in [0.1, 0.15) is 29.8 Å². The third-order valence-electron chi connectivity index (χ3n) is 3.99. The van der Waals surface area contributed by atoms with E-state index in [1.54, 1.807) is 11.3 Å². The first-order valence-corrected chi connectivity index (χ1v) is 9.76. The van der Waals surface area contributed by atoms with Gasteiger partial charge >= 0.3 is 0 Å². The van der Waals surface area contributed by atoms with Crippen LogP contribution in [0.2, 0.25) is 0 Å². The van der Waals surface area contributed by atoms with Crippen molar-refractivity contribution in [3.63, 3.8) is 0 Å². The van der Waals surface area contributed by atoms with Crippen molar-refractivity contribution in [2.45, 2.75) is 50.0 Å². The lowest BCUT2D eigenvalue weighted by Gasteiger charge is -2.16. The van der Waals surface area contributed by atoms with Crippen molar-refractivity contribution < 1.29 is 9.84 Å². The Morgan fingerprint density at radius 3 is 3.10 bits per heavy atom. The van der Waals surface area contributed by atoms with E-state index in [9.17, 15) is 5.11 Å². The number of aromatic nitrogens is 1. The molecule has 1 saturated carbocycles. The van der Waals surface area contributed by atoms with Crippen LogP contribution in [0.4, 0.5) is 0 Å². The summed E-state index contributed by atoms with van der Waals surface area (Å²) in [6, 6.07) is 0.567. The van der Waals surface area contributed by atoms with Gasteiger partial charge in [-0.1, -0.05) is 0 Å². The molecule has 4 nitrogen and oxygen atoms in total. The summed E-state index contributed by atoms with van der Waals surface area (Å²) >= 11 is 3.63. The maximum absolute atomic E-state index is 9.94. The zero-order valence-electron chi connectivity index (χ0n) is 12.9. The fourth-order valence-corrected chi connectivity index (χ4v) is 4.21. The van der Waals surface area contributed by atoms with Gasteiger partial charge in [0.2, 0.25) is 0 Å². The molecule has 1 aliphatic rings. The predicted octanol–water partition coefficient (Wildman–Crippen LogP) is 2.25. The van der Waals surface area contributed by atoms with E-state index in [-0.39, 0.29) is 0 Å². The largest absolute Gasteiger partial charge is 0.389 e. The van der Waals surface area contributed by atoms with E-state index in [1.807, 2.05) is 24.2 Å². The molecule has 0 bridgehead atoms. The Morgan fingerprint density at radius 2 is 2.43 bits per heavy atom. The Morgan fingerprint density at radius 1 is 1.57 bits per heavy atom. The van der Waals surface area contributed by atoms with Crippen LogP contribution in [0.5, 0.6) is 0 Å². The van der Waals surface area contributed by atoms with E-state index < -0.39 is 6.10 Å². The quantitative estimate of drug-likeness (QED) is 0.680. The molecule has 1 aromatic rings. The summed E-state index contributed by atoms with van der Waals surface area (Å²) in [5, 5.41) is 14.2. The van der Waals surface area contributed by atoms with E-state index in [0.29, 0.717) is 25.8 Å². The van der Waals surface area contributed by atoms with Gasteiger partial charge in [0.05, 0.1) is 30.5 Å². The van der Waals surface area contributed by atoms with E-state index in [2.05, 4.69) is 16.6 Å². The van der Waals surface area contributed by atoms with Crippen LogP contribution in [-0.2, 0) is 11.2 Å². The molecule has 0 spiro atoms. The van der Waals surface area contributed by atoms with Crippen LogP contribution >= 0.6 is 23.1 Å². The van der Waals surface area contributed by atoms with Crippen molar-refractivity contribution in [2.24, 2.45) is 0 Å². The van der Waals surface area contributed by atoms with Crippen molar-refractivity contribution in [1.82, 2.24) is 10.3 Å². The van der Waals surface area contributed by atoms with Gasteiger partial charge in [-0.25, -0.2) is 4.98 Å². The topological polar surface area (TPSA) is 54.4 Å². The number of thioether (sulfide) groups is 1. The zero-order chi connectivity index (χ0) is 15.1. The number of aliphatic hydroxyl groups is 1. The number of rotatable bonds is 9. The lowest BCUT2D eigenvalue weighted by Crippen LogP contribution is -2.36. The Hall–Kier alpha value is -0.140. The molecule has 6 heteroatoms. The molecule has 3 atom stereocenters.